The first-order valence-corrected chi connectivity index (χ1v) is 5.30. The third kappa shape index (κ3) is 2.03. The highest BCUT2D eigenvalue weighted by molar-refractivity contribution is 5.56. The molecule has 2 heterocycles. The molecule has 6 nitrogen and oxygen atoms in total. The lowest BCUT2D eigenvalue weighted by Gasteiger charge is -2.01. The molecule has 1 aromatic carbocycles. The molecule has 0 aliphatic carbocycles. The van der Waals surface area contributed by atoms with Gasteiger partial charge < -0.3 is 0 Å². The molecular formula is C12H8N6. The maximum atomic E-state index is 4.34. The van der Waals surface area contributed by atoms with E-state index in [1.807, 2.05) is 30.3 Å². The molecule has 0 saturated heterocycles. The summed E-state index contributed by atoms with van der Waals surface area (Å²) in [4.78, 5) is 24.3. The molecule has 0 saturated carbocycles. The first-order chi connectivity index (χ1) is 8.93. The van der Waals surface area contributed by atoms with Gasteiger partial charge in [-0.3, -0.25) is 0 Å². The van der Waals surface area contributed by atoms with Crippen LogP contribution in [-0.2, 0) is 0 Å². The Bertz CT molecular complexity index is 586. The quantitative estimate of drug-likeness (QED) is 0.669. The molecule has 0 N–H and O–H groups in total. The van der Waals surface area contributed by atoms with Crippen LogP contribution in [0.2, 0.25) is 0 Å². The van der Waals surface area contributed by atoms with Crippen LogP contribution in [0.1, 0.15) is 0 Å². The van der Waals surface area contributed by atoms with Gasteiger partial charge in [0.25, 0.3) is 0 Å². The molecule has 0 aliphatic heterocycles. The Hall–Kier alpha value is -2.76. The minimum absolute atomic E-state index is 0.435. The van der Waals surface area contributed by atoms with Gasteiger partial charge in [0.05, 0.1) is 0 Å². The van der Waals surface area contributed by atoms with Gasteiger partial charge in [-0.05, 0) is 0 Å². The van der Waals surface area contributed by atoms with Crippen molar-refractivity contribution in [2.24, 2.45) is 0 Å². The van der Waals surface area contributed by atoms with Gasteiger partial charge in [-0.25, -0.2) is 29.9 Å². The summed E-state index contributed by atoms with van der Waals surface area (Å²) in [5, 5.41) is 0. The smallest absolute Gasteiger partial charge is 0.201 e. The van der Waals surface area contributed by atoms with E-state index in [4.69, 9.17) is 0 Å². The molecule has 0 unspecified atom stereocenters. The molecule has 0 amide bonds. The Morgan fingerprint density at radius 2 is 1.28 bits per heavy atom. The largest absolute Gasteiger partial charge is 0.225 e. The Morgan fingerprint density at radius 1 is 0.611 bits per heavy atom. The summed E-state index contributed by atoms with van der Waals surface area (Å²) in [6.45, 7) is 0. The van der Waals surface area contributed by atoms with Crippen LogP contribution in [0, 0.1) is 0 Å². The highest BCUT2D eigenvalue weighted by atomic mass is 15.1. The lowest BCUT2D eigenvalue weighted by Crippen LogP contribution is -1.98. The molecule has 0 atom stereocenters. The minimum atomic E-state index is 0.435. The lowest BCUT2D eigenvalue weighted by molar-refractivity contribution is 0.989. The zero-order chi connectivity index (χ0) is 12.2. The third-order valence-corrected chi connectivity index (χ3v) is 2.30. The van der Waals surface area contributed by atoms with Crippen molar-refractivity contribution < 1.29 is 0 Å². The molecule has 0 radical (unpaired) electrons. The molecule has 2 aromatic heterocycles. The second-order valence-corrected chi connectivity index (χ2v) is 3.46. The Morgan fingerprint density at radius 3 is 2.06 bits per heavy atom. The van der Waals surface area contributed by atoms with Gasteiger partial charge in [0.15, 0.2) is 5.82 Å². The number of hydrogen-bond donors (Lipinski definition) is 0. The monoisotopic (exact) mass is 236 g/mol. The number of benzene rings is 1. The van der Waals surface area contributed by atoms with E-state index in [9.17, 15) is 0 Å². The van der Waals surface area contributed by atoms with Gasteiger partial charge in [-0.1, -0.05) is 30.3 Å². The van der Waals surface area contributed by atoms with Crippen LogP contribution in [0.25, 0.3) is 23.0 Å². The summed E-state index contributed by atoms with van der Waals surface area (Å²) < 4.78 is 0. The molecule has 3 rings (SSSR count). The fourth-order valence-corrected chi connectivity index (χ4v) is 1.48. The predicted octanol–water partition coefficient (Wildman–Crippen LogP) is 1.39. The summed E-state index contributed by atoms with van der Waals surface area (Å²) in [5.41, 5.74) is 0.926. The second-order valence-electron chi connectivity index (χ2n) is 3.46. The van der Waals surface area contributed by atoms with Gasteiger partial charge in [-0.15, -0.1) is 0 Å². The summed E-state index contributed by atoms with van der Waals surface area (Å²) in [7, 11) is 0. The van der Waals surface area contributed by atoms with Gasteiger partial charge in [0.2, 0.25) is 11.6 Å². The topological polar surface area (TPSA) is 77.3 Å². The average molecular weight is 236 g/mol. The van der Waals surface area contributed by atoms with Crippen molar-refractivity contribution in [3.8, 4) is 23.0 Å². The van der Waals surface area contributed by atoms with Gasteiger partial charge in [-0.2, -0.15) is 0 Å². The maximum Gasteiger partial charge on any atom is 0.201 e. The molecule has 3 aromatic rings. The van der Waals surface area contributed by atoms with E-state index in [1.54, 1.807) is 0 Å². The molecule has 0 spiro atoms. The van der Waals surface area contributed by atoms with Crippen LogP contribution < -0.4 is 0 Å². The van der Waals surface area contributed by atoms with E-state index < -0.39 is 0 Å². The summed E-state index contributed by atoms with van der Waals surface area (Å²) >= 11 is 0. The fourth-order valence-electron chi connectivity index (χ4n) is 1.48. The van der Waals surface area contributed by atoms with Crippen molar-refractivity contribution in [3.05, 3.63) is 49.3 Å². The van der Waals surface area contributed by atoms with Crippen LogP contribution in [0.3, 0.4) is 0 Å². The first-order valence-electron chi connectivity index (χ1n) is 5.30. The Labute approximate surface area is 103 Å². The van der Waals surface area contributed by atoms with Crippen LogP contribution in [0.4, 0.5) is 0 Å². The van der Waals surface area contributed by atoms with Crippen LogP contribution in [-0.4, -0.2) is 29.9 Å². The van der Waals surface area contributed by atoms with Crippen LogP contribution in [0.5, 0.6) is 0 Å². The van der Waals surface area contributed by atoms with Crippen LogP contribution in [0.15, 0.2) is 49.3 Å². The molecule has 86 valence electrons. The van der Waals surface area contributed by atoms with Crippen molar-refractivity contribution in [2.45, 2.75) is 0 Å². The summed E-state index contributed by atoms with van der Waals surface area (Å²) in [6, 6.07) is 9.68. The highest BCUT2D eigenvalue weighted by Crippen LogP contribution is 2.15. The zero-order valence-electron chi connectivity index (χ0n) is 9.30. The van der Waals surface area contributed by atoms with Crippen molar-refractivity contribution in [3.63, 3.8) is 0 Å². The first kappa shape index (κ1) is 10.4. The molecule has 0 fully saturated rings. The number of rotatable bonds is 2. The third-order valence-electron chi connectivity index (χ3n) is 2.30. The molecule has 6 heteroatoms. The van der Waals surface area contributed by atoms with Gasteiger partial charge in [0, 0.05) is 5.56 Å². The SMILES string of the molecule is c1ccc(-c2ncnc(-c3ncncn3)n2)cc1. The predicted molar refractivity (Wildman–Crippen MR) is 64.1 cm³/mol. The second kappa shape index (κ2) is 4.62. The standard InChI is InChI=1S/C12H8N6/c1-2-4-9(5-3-1)10-16-8-17-12(18-10)11-14-6-13-7-15-11/h1-8H. The fraction of sp³-hybridized carbons (Fsp3) is 0. The van der Waals surface area contributed by atoms with E-state index in [1.165, 1.54) is 19.0 Å². The van der Waals surface area contributed by atoms with E-state index in [0.29, 0.717) is 17.5 Å². The molecule has 0 aliphatic rings. The van der Waals surface area contributed by atoms with Crippen molar-refractivity contribution in [2.75, 3.05) is 0 Å². The van der Waals surface area contributed by atoms with Gasteiger partial charge in [0.1, 0.15) is 19.0 Å². The van der Waals surface area contributed by atoms with E-state index in [-0.39, 0.29) is 0 Å². The molecule has 18 heavy (non-hydrogen) atoms. The van der Waals surface area contributed by atoms with Crippen molar-refractivity contribution >= 4 is 0 Å². The normalized spacial score (nSPS) is 10.2. The van der Waals surface area contributed by atoms with Crippen molar-refractivity contribution in [1.82, 2.24) is 29.9 Å². The highest BCUT2D eigenvalue weighted by Gasteiger charge is 2.07. The number of hydrogen-bond acceptors (Lipinski definition) is 6. The van der Waals surface area contributed by atoms with Crippen LogP contribution >= 0.6 is 0 Å². The zero-order valence-corrected chi connectivity index (χ0v) is 9.30. The number of aromatic nitrogens is 6. The average Bonchev–Trinajstić information content (AvgIpc) is 2.49. The summed E-state index contributed by atoms with van der Waals surface area (Å²) in [5.74, 6) is 1.47. The molecular weight excluding hydrogens is 228 g/mol. The molecule has 0 bridgehead atoms. The van der Waals surface area contributed by atoms with Gasteiger partial charge >= 0.3 is 0 Å². The Kier molecular flexibility index (Phi) is 2.67. The summed E-state index contributed by atoms with van der Waals surface area (Å²) in [6.07, 6.45) is 4.27. The number of nitrogens with zero attached hydrogens (tertiary/aromatic N) is 6. The van der Waals surface area contributed by atoms with E-state index in [0.717, 1.165) is 5.56 Å². The van der Waals surface area contributed by atoms with Crippen molar-refractivity contribution in [1.29, 1.82) is 0 Å². The lowest BCUT2D eigenvalue weighted by atomic mass is 10.2. The van der Waals surface area contributed by atoms with E-state index >= 15 is 0 Å². The minimum Gasteiger partial charge on any atom is -0.225 e. The maximum absolute atomic E-state index is 4.34. The Balaban J connectivity index is 2.05. The van der Waals surface area contributed by atoms with E-state index in [2.05, 4.69) is 29.9 Å².